The Morgan fingerprint density at radius 1 is 1.44 bits per heavy atom. The second kappa shape index (κ2) is 5.25. The number of aromatic nitrogens is 2. The average molecular weight is 220 g/mol. The van der Waals surface area contributed by atoms with Crippen LogP contribution in [0, 0.1) is 5.92 Å². The molecule has 0 amide bonds. The number of hydrogen-bond acceptors (Lipinski definition) is 4. The van der Waals surface area contributed by atoms with Gasteiger partial charge in [-0.1, -0.05) is 13.3 Å². The molecular formula is C12H20N4. The molecule has 1 fully saturated rings. The molecule has 88 valence electrons. The molecule has 1 saturated heterocycles. The third-order valence-electron chi connectivity index (χ3n) is 3.13. The van der Waals surface area contributed by atoms with E-state index in [1.807, 2.05) is 12.4 Å². The van der Waals surface area contributed by atoms with Crippen LogP contribution in [-0.4, -0.2) is 29.6 Å². The van der Waals surface area contributed by atoms with Crippen LogP contribution in [0.3, 0.4) is 0 Å². The van der Waals surface area contributed by atoms with Crippen molar-refractivity contribution in [2.45, 2.75) is 26.2 Å². The molecule has 0 radical (unpaired) electrons. The highest BCUT2D eigenvalue weighted by atomic mass is 15.3. The zero-order valence-electron chi connectivity index (χ0n) is 9.89. The molecular weight excluding hydrogens is 200 g/mol. The summed E-state index contributed by atoms with van der Waals surface area (Å²) in [4.78, 5) is 11.1. The van der Waals surface area contributed by atoms with Crippen LogP contribution >= 0.6 is 0 Å². The summed E-state index contributed by atoms with van der Waals surface area (Å²) >= 11 is 0. The summed E-state index contributed by atoms with van der Waals surface area (Å²) in [6, 6.07) is 0. The Balaban J connectivity index is 1.99. The summed E-state index contributed by atoms with van der Waals surface area (Å²) in [5, 5.41) is 0. The fourth-order valence-electron chi connectivity index (χ4n) is 2.14. The summed E-state index contributed by atoms with van der Waals surface area (Å²) in [7, 11) is 0. The largest absolute Gasteiger partial charge is 0.340 e. The number of nitrogens with two attached hydrogens (primary N) is 1. The molecule has 0 saturated carbocycles. The predicted molar refractivity (Wildman–Crippen MR) is 65.4 cm³/mol. The molecule has 1 aromatic rings. The van der Waals surface area contributed by atoms with E-state index in [-0.39, 0.29) is 0 Å². The Hall–Kier alpha value is -1.16. The maximum atomic E-state index is 5.67. The highest BCUT2D eigenvalue weighted by Gasteiger charge is 2.22. The number of hydrogen-bond donors (Lipinski definition) is 1. The number of rotatable bonds is 4. The Bertz CT molecular complexity index is 322. The molecule has 1 unspecified atom stereocenters. The van der Waals surface area contributed by atoms with Crippen LogP contribution < -0.4 is 10.6 Å². The Morgan fingerprint density at radius 2 is 2.19 bits per heavy atom. The fourth-order valence-corrected chi connectivity index (χ4v) is 2.14. The minimum atomic E-state index is 0.610. The zero-order valence-corrected chi connectivity index (χ0v) is 9.89. The lowest BCUT2D eigenvalue weighted by Crippen LogP contribution is -2.24. The van der Waals surface area contributed by atoms with Crippen LogP contribution in [0.25, 0.3) is 0 Å². The molecule has 4 nitrogen and oxygen atoms in total. The first-order valence-electron chi connectivity index (χ1n) is 6.09. The summed E-state index contributed by atoms with van der Waals surface area (Å²) in [5.74, 6) is 1.47. The van der Waals surface area contributed by atoms with Crippen molar-refractivity contribution >= 4 is 5.95 Å². The van der Waals surface area contributed by atoms with Crippen LogP contribution in [0.4, 0.5) is 5.95 Å². The van der Waals surface area contributed by atoms with E-state index in [9.17, 15) is 0 Å². The van der Waals surface area contributed by atoms with Crippen molar-refractivity contribution < 1.29 is 0 Å². The van der Waals surface area contributed by atoms with Crippen molar-refractivity contribution in [1.29, 1.82) is 0 Å². The van der Waals surface area contributed by atoms with E-state index in [1.54, 1.807) is 0 Å². The van der Waals surface area contributed by atoms with Crippen LogP contribution in [0.15, 0.2) is 12.4 Å². The van der Waals surface area contributed by atoms with E-state index in [1.165, 1.54) is 5.56 Å². The monoisotopic (exact) mass is 220 g/mol. The van der Waals surface area contributed by atoms with E-state index in [0.29, 0.717) is 5.92 Å². The van der Waals surface area contributed by atoms with Gasteiger partial charge in [0.25, 0.3) is 0 Å². The summed E-state index contributed by atoms with van der Waals surface area (Å²) < 4.78 is 0. The van der Waals surface area contributed by atoms with Gasteiger partial charge in [-0.25, -0.2) is 9.97 Å². The second-order valence-corrected chi connectivity index (χ2v) is 4.48. The topological polar surface area (TPSA) is 55.0 Å². The molecule has 1 atom stereocenters. The lowest BCUT2D eigenvalue weighted by molar-refractivity contribution is 0.601. The molecule has 2 heterocycles. The summed E-state index contributed by atoms with van der Waals surface area (Å²) in [6.45, 7) is 4.98. The highest BCUT2D eigenvalue weighted by molar-refractivity contribution is 5.31. The number of nitrogens with zero attached hydrogens (tertiary/aromatic N) is 3. The molecule has 2 N–H and O–H groups in total. The van der Waals surface area contributed by atoms with E-state index < -0.39 is 0 Å². The van der Waals surface area contributed by atoms with Gasteiger partial charge in [-0.2, -0.15) is 0 Å². The van der Waals surface area contributed by atoms with Gasteiger partial charge in [-0.05, 0) is 30.9 Å². The van der Waals surface area contributed by atoms with Crippen molar-refractivity contribution in [1.82, 2.24) is 9.97 Å². The third-order valence-corrected chi connectivity index (χ3v) is 3.13. The zero-order chi connectivity index (χ0) is 11.4. The van der Waals surface area contributed by atoms with Gasteiger partial charge in [0.15, 0.2) is 0 Å². The quantitative estimate of drug-likeness (QED) is 0.828. The van der Waals surface area contributed by atoms with Crippen LogP contribution in [0.2, 0.25) is 0 Å². The first-order chi connectivity index (χ1) is 7.83. The van der Waals surface area contributed by atoms with Crippen LogP contribution in [0.1, 0.15) is 25.3 Å². The second-order valence-electron chi connectivity index (χ2n) is 4.48. The lowest BCUT2D eigenvalue weighted by Gasteiger charge is -2.15. The standard InChI is InChI=1S/C12H20N4/c1-2-3-11-7-14-12(15-8-11)16-5-4-10(6-13)9-16/h7-8,10H,2-6,9,13H2,1H3. The Kier molecular flexibility index (Phi) is 3.72. The van der Waals surface area contributed by atoms with Gasteiger partial charge in [0.1, 0.15) is 0 Å². The van der Waals surface area contributed by atoms with E-state index >= 15 is 0 Å². The first kappa shape index (κ1) is 11.3. The van der Waals surface area contributed by atoms with Crippen molar-refractivity contribution in [3.8, 4) is 0 Å². The average Bonchev–Trinajstić information content (AvgIpc) is 2.79. The SMILES string of the molecule is CCCc1cnc(N2CCC(CN)C2)nc1. The van der Waals surface area contributed by atoms with E-state index in [2.05, 4.69) is 21.8 Å². The number of aryl methyl sites for hydroxylation is 1. The molecule has 0 aromatic carbocycles. The number of anilines is 1. The maximum absolute atomic E-state index is 5.67. The predicted octanol–water partition coefficient (Wildman–Crippen LogP) is 1.21. The van der Waals surface area contributed by atoms with Gasteiger partial charge in [0, 0.05) is 25.5 Å². The van der Waals surface area contributed by atoms with Crippen molar-refractivity contribution in [3.63, 3.8) is 0 Å². The highest BCUT2D eigenvalue weighted by Crippen LogP contribution is 2.19. The molecule has 1 aliphatic rings. The van der Waals surface area contributed by atoms with Crippen LogP contribution in [0.5, 0.6) is 0 Å². The molecule has 2 rings (SSSR count). The lowest BCUT2D eigenvalue weighted by atomic mass is 10.1. The molecule has 4 heteroatoms. The first-order valence-corrected chi connectivity index (χ1v) is 6.09. The minimum Gasteiger partial charge on any atom is -0.340 e. The van der Waals surface area contributed by atoms with E-state index in [4.69, 9.17) is 5.73 Å². The van der Waals surface area contributed by atoms with Crippen molar-refractivity contribution in [2.24, 2.45) is 11.7 Å². The fraction of sp³-hybridized carbons (Fsp3) is 0.667. The van der Waals surface area contributed by atoms with Gasteiger partial charge >= 0.3 is 0 Å². The van der Waals surface area contributed by atoms with Gasteiger partial charge in [0.05, 0.1) is 0 Å². The van der Waals surface area contributed by atoms with Crippen molar-refractivity contribution in [2.75, 3.05) is 24.5 Å². The van der Waals surface area contributed by atoms with Gasteiger partial charge < -0.3 is 10.6 Å². The summed E-state index contributed by atoms with van der Waals surface area (Å²) in [6.07, 6.45) is 7.26. The van der Waals surface area contributed by atoms with Crippen molar-refractivity contribution in [3.05, 3.63) is 18.0 Å². The summed E-state index contributed by atoms with van der Waals surface area (Å²) in [5.41, 5.74) is 6.89. The molecule has 1 aromatic heterocycles. The molecule has 0 spiro atoms. The molecule has 16 heavy (non-hydrogen) atoms. The smallest absolute Gasteiger partial charge is 0.225 e. The minimum absolute atomic E-state index is 0.610. The Morgan fingerprint density at radius 3 is 2.75 bits per heavy atom. The van der Waals surface area contributed by atoms with Gasteiger partial charge in [-0.15, -0.1) is 0 Å². The molecule has 1 aliphatic heterocycles. The molecule has 0 bridgehead atoms. The normalized spacial score (nSPS) is 20.4. The van der Waals surface area contributed by atoms with E-state index in [0.717, 1.165) is 44.8 Å². The third kappa shape index (κ3) is 2.50. The maximum Gasteiger partial charge on any atom is 0.225 e. The molecule has 0 aliphatic carbocycles. The van der Waals surface area contributed by atoms with Crippen LogP contribution in [-0.2, 0) is 6.42 Å². The van der Waals surface area contributed by atoms with Gasteiger partial charge in [-0.3, -0.25) is 0 Å². The Labute approximate surface area is 96.9 Å². The van der Waals surface area contributed by atoms with Gasteiger partial charge in [0.2, 0.25) is 5.95 Å².